The fourth-order valence-corrected chi connectivity index (χ4v) is 2.82. The summed E-state index contributed by atoms with van der Waals surface area (Å²) in [6.07, 6.45) is 1.58. The van der Waals surface area contributed by atoms with Gasteiger partial charge in [0.25, 0.3) is 5.56 Å². The molecular weight excluding hydrogens is 368 g/mol. The number of aliphatic hydroxyl groups is 1. The van der Waals surface area contributed by atoms with Gasteiger partial charge in [0.05, 0.1) is 13.2 Å². The van der Waals surface area contributed by atoms with Crippen molar-refractivity contribution < 1.29 is 14.6 Å². The van der Waals surface area contributed by atoms with Crippen molar-refractivity contribution in [2.45, 2.75) is 19.7 Å². The Hall–Kier alpha value is -3.22. The summed E-state index contributed by atoms with van der Waals surface area (Å²) in [5.74, 6) is 0.335. The summed E-state index contributed by atoms with van der Waals surface area (Å²) in [5.41, 5.74) is 2.30. The Kier molecular flexibility index (Phi) is 7.33. The van der Waals surface area contributed by atoms with Crippen LogP contribution in [-0.4, -0.2) is 28.6 Å². The van der Waals surface area contributed by atoms with Gasteiger partial charge in [-0.05, 0) is 17.2 Å². The van der Waals surface area contributed by atoms with Gasteiger partial charge in [0, 0.05) is 30.9 Å². The van der Waals surface area contributed by atoms with Crippen molar-refractivity contribution in [3.8, 4) is 5.75 Å². The number of carbonyl (C=O) groups is 1. The summed E-state index contributed by atoms with van der Waals surface area (Å²) in [6.45, 7) is 1.58. The third-order valence-corrected chi connectivity index (χ3v) is 4.42. The molecule has 150 valence electrons. The molecule has 0 radical (unpaired) electrons. The molecule has 1 aromatic heterocycles. The van der Waals surface area contributed by atoms with Gasteiger partial charge in [-0.15, -0.1) is 0 Å². The molecule has 0 unspecified atom stereocenters. The molecule has 0 aliphatic carbocycles. The fourth-order valence-electron chi connectivity index (χ4n) is 2.82. The van der Waals surface area contributed by atoms with Crippen LogP contribution in [0, 0.1) is 0 Å². The van der Waals surface area contributed by atoms with Crippen molar-refractivity contribution in [2.75, 3.05) is 13.2 Å². The van der Waals surface area contributed by atoms with Crippen LogP contribution in [0.15, 0.2) is 77.7 Å². The SMILES string of the molecule is O=C(Cn1ccc(OCc2ccccc2)cc1=O)c1ccc(CNCCO)cc1. The minimum absolute atomic E-state index is 0.0279. The van der Waals surface area contributed by atoms with Crippen molar-refractivity contribution in [1.82, 2.24) is 9.88 Å². The van der Waals surface area contributed by atoms with Crippen LogP contribution in [0.25, 0.3) is 0 Å². The molecule has 0 atom stereocenters. The van der Waals surface area contributed by atoms with E-state index in [-0.39, 0.29) is 24.5 Å². The Morgan fingerprint density at radius 1 is 1.00 bits per heavy atom. The van der Waals surface area contributed by atoms with Crippen LogP contribution in [0.4, 0.5) is 0 Å². The summed E-state index contributed by atoms with van der Waals surface area (Å²) in [7, 11) is 0. The molecule has 0 amide bonds. The molecule has 6 nitrogen and oxygen atoms in total. The van der Waals surface area contributed by atoms with E-state index in [1.807, 2.05) is 42.5 Å². The van der Waals surface area contributed by atoms with E-state index < -0.39 is 0 Å². The van der Waals surface area contributed by atoms with Crippen LogP contribution in [0.1, 0.15) is 21.5 Å². The molecule has 2 aromatic carbocycles. The molecular formula is C23H24N2O4. The molecule has 3 rings (SSSR count). The minimum Gasteiger partial charge on any atom is -0.489 e. The fraction of sp³-hybridized carbons (Fsp3) is 0.217. The van der Waals surface area contributed by atoms with E-state index in [1.165, 1.54) is 10.6 Å². The molecule has 0 fully saturated rings. The number of ether oxygens (including phenoxy) is 1. The first kappa shape index (κ1) is 20.5. The van der Waals surface area contributed by atoms with E-state index in [0.717, 1.165) is 11.1 Å². The molecule has 0 saturated heterocycles. The summed E-state index contributed by atoms with van der Waals surface area (Å²) in [6, 6.07) is 20.0. The first-order valence-electron chi connectivity index (χ1n) is 9.46. The number of Topliss-reactive ketones (excluding diaryl/α,β-unsaturated/α-hetero) is 1. The summed E-state index contributed by atoms with van der Waals surface area (Å²) < 4.78 is 7.02. The number of hydrogen-bond donors (Lipinski definition) is 2. The Balaban J connectivity index is 1.58. The molecule has 6 heteroatoms. The maximum atomic E-state index is 12.5. The van der Waals surface area contributed by atoms with Gasteiger partial charge in [0.2, 0.25) is 0 Å². The van der Waals surface area contributed by atoms with E-state index in [0.29, 0.717) is 31.0 Å². The third kappa shape index (κ3) is 6.14. The number of ketones is 1. The highest BCUT2D eigenvalue weighted by Crippen LogP contribution is 2.11. The average molecular weight is 392 g/mol. The number of pyridine rings is 1. The van der Waals surface area contributed by atoms with Crippen molar-refractivity contribution in [2.24, 2.45) is 0 Å². The van der Waals surface area contributed by atoms with Crippen LogP contribution in [0.3, 0.4) is 0 Å². The van der Waals surface area contributed by atoms with Gasteiger partial charge in [0.15, 0.2) is 5.78 Å². The lowest BCUT2D eigenvalue weighted by Crippen LogP contribution is -2.23. The molecule has 0 spiro atoms. The lowest BCUT2D eigenvalue weighted by molar-refractivity contribution is 0.0970. The first-order chi connectivity index (χ1) is 14.2. The van der Waals surface area contributed by atoms with E-state index in [2.05, 4.69) is 5.32 Å². The second-order valence-electron chi connectivity index (χ2n) is 6.62. The quantitative estimate of drug-likeness (QED) is 0.409. The number of benzene rings is 2. The molecule has 1 heterocycles. The van der Waals surface area contributed by atoms with Crippen molar-refractivity contribution in [1.29, 1.82) is 0 Å². The zero-order valence-corrected chi connectivity index (χ0v) is 16.1. The Bertz CT molecular complexity index is 982. The number of carbonyl (C=O) groups excluding carboxylic acids is 1. The highest BCUT2D eigenvalue weighted by atomic mass is 16.5. The molecule has 0 bridgehead atoms. The van der Waals surface area contributed by atoms with Crippen LogP contribution in [-0.2, 0) is 19.7 Å². The van der Waals surface area contributed by atoms with Crippen molar-refractivity contribution in [3.05, 3.63) is 100.0 Å². The topological polar surface area (TPSA) is 80.6 Å². The van der Waals surface area contributed by atoms with Gasteiger partial charge >= 0.3 is 0 Å². The number of aliphatic hydroxyl groups excluding tert-OH is 1. The third-order valence-electron chi connectivity index (χ3n) is 4.42. The Labute approximate surface area is 169 Å². The van der Waals surface area contributed by atoms with Gasteiger partial charge < -0.3 is 19.7 Å². The lowest BCUT2D eigenvalue weighted by Gasteiger charge is -2.09. The first-order valence-corrected chi connectivity index (χ1v) is 9.46. The molecule has 29 heavy (non-hydrogen) atoms. The second-order valence-corrected chi connectivity index (χ2v) is 6.62. The van der Waals surface area contributed by atoms with Gasteiger partial charge in [-0.25, -0.2) is 0 Å². The predicted molar refractivity (Wildman–Crippen MR) is 111 cm³/mol. The maximum Gasteiger partial charge on any atom is 0.254 e. The maximum absolute atomic E-state index is 12.5. The number of nitrogens with one attached hydrogen (secondary N) is 1. The average Bonchev–Trinajstić information content (AvgIpc) is 2.75. The normalized spacial score (nSPS) is 10.7. The van der Waals surface area contributed by atoms with E-state index in [9.17, 15) is 9.59 Å². The van der Waals surface area contributed by atoms with Crippen LogP contribution in [0.2, 0.25) is 0 Å². The number of hydrogen-bond acceptors (Lipinski definition) is 5. The van der Waals surface area contributed by atoms with Gasteiger partial charge in [-0.3, -0.25) is 9.59 Å². The number of aromatic nitrogens is 1. The largest absolute Gasteiger partial charge is 0.489 e. The monoisotopic (exact) mass is 392 g/mol. The van der Waals surface area contributed by atoms with E-state index in [1.54, 1.807) is 24.4 Å². The van der Waals surface area contributed by atoms with Gasteiger partial charge in [0.1, 0.15) is 12.4 Å². The molecule has 3 aromatic rings. The second kappa shape index (κ2) is 10.4. The van der Waals surface area contributed by atoms with Crippen LogP contribution >= 0.6 is 0 Å². The number of nitrogens with zero attached hydrogens (tertiary/aromatic N) is 1. The lowest BCUT2D eigenvalue weighted by atomic mass is 10.1. The smallest absolute Gasteiger partial charge is 0.254 e. The zero-order chi connectivity index (χ0) is 20.5. The summed E-state index contributed by atoms with van der Waals surface area (Å²) in [5, 5.41) is 11.9. The van der Waals surface area contributed by atoms with Gasteiger partial charge in [-0.1, -0.05) is 54.6 Å². The van der Waals surface area contributed by atoms with E-state index in [4.69, 9.17) is 9.84 Å². The summed E-state index contributed by atoms with van der Waals surface area (Å²) in [4.78, 5) is 24.8. The van der Waals surface area contributed by atoms with Crippen molar-refractivity contribution >= 4 is 5.78 Å². The van der Waals surface area contributed by atoms with E-state index >= 15 is 0 Å². The van der Waals surface area contributed by atoms with Crippen LogP contribution in [0.5, 0.6) is 5.75 Å². The summed E-state index contributed by atoms with van der Waals surface area (Å²) >= 11 is 0. The minimum atomic E-state index is -0.284. The Morgan fingerprint density at radius 3 is 2.45 bits per heavy atom. The Morgan fingerprint density at radius 2 is 1.76 bits per heavy atom. The molecule has 2 N–H and O–H groups in total. The van der Waals surface area contributed by atoms with Crippen LogP contribution < -0.4 is 15.6 Å². The van der Waals surface area contributed by atoms with Gasteiger partial charge in [-0.2, -0.15) is 0 Å². The highest BCUT2D eigenvalue weighted by Gasteiger charge is 2.09. The predicted octanol–water partition coefficient (Wildman–Crippen LogP) is 2.39. The molecule has 0 saturated carbocycles. The zero-order valence-electron chi connectivity index (χ0n) is 16.1. The molecule has 0 aliphatic rings. The standard InChI is InChI=1S/C23H24N2O4/c26-13-11-24-15-18-6-8-20(9-7-18)22(27)16-25-12-10-21(14-23(25)28)29-17-19-4-2-1-3-5-19/h1-10,12,14,24,26H,11,13,15-17H2. The van der Waals surface area contributed by atoms with Crippen molar-refractivity contribution in [3.63, 3.8) is 0 Å². The molecule has 0 aliphatic heterocycles. The number of rotatable bonds is 10. The highest BCUT2D eigenvalue weighted by molar-refractivity contribution is 5.95.